The van der Waals surface area contributed by atoms with Crippen molar-refractivity contribution >= 4 is 23.0 Å². The third kappa shape index (κ3) is 3.89. The minimum atomic E-state index is -0.423. The van der Waals surface area contributed by atoms with Crippen LogP contribution in [0.1, 0.15) is 23.5 Å². The van der Waals surface area contributed by atoms with Crippen molar-refractivity contribution in [3.63, 3.8) is 0 Å². The summed E-state index contributed by atoms with van der Waals surface area (Å²) in [5.41, 5.74) is 1.66. The van der Waals surface area contributed by atoms with Crippen LogP contribution in [0.25, 0.3) is 11.3 Å². The molecule has 1 saturated heterocycles. The van der Waals surface area contributed by atoms with E-state index in [1.807, 2.05) is 35.2 Å². The number of pyridine rings is 1. The molecule has 0 saturated carbocycles. The maximum absolute atomic E-state index is 10.9. The van der Waals surface area contributed by atoms with Crippen LogP contribution in [0.15, 0.2) is 65.2 Å². The normalized spacial score (nSPS) is 18.4. The molecule has 30 heavy (non-hydrogen) atoms. The van der Waals surface area contributed by atoms with Gasteiger partial charge in [0.25, 0.3) is 5.69 Å². The lowest BCUT2D eigenvalue weighted by molar-refractivity contribution is -0.384. The zero-order valence-corrected chi connectivity index (χ0v) is 17.0. The molecule has 1 aliphatic rings. The van der Waals surface area contributed by atoms with Crippen molar-refractivity contribution in [2.24, 2.45) is 0 Å². The van der Waals surface area contributed by atoms with Crippen molar-refractivity contribution in [1.82, 2.24) is 15.2 Å². The maximum atomic E-state index is 10.9. The molecule has 154 valence electrons. The van der Waals surface area contributed by atoms with Gasteiger partial charge in [-0.25, -0.2) is 0 Å². The summed E-state index contributed by atoms with van der Waals surface area (Å²) < 4.78 is 11.4. The molecule has 0 unspecified atom stereocenters. The van der Waals surface area contributed by atoms with E-state index in [1.54, 1.807) is 25.4 Å². The Kier molecular flexibility index (Phi) is 5.73. The smallest absolute Gasteiger partial charge is 0.269 e. The lowest BCUT2D eigenvalue weighted by Crippen LogP contribution is -2.32. The summed E-state index contributed by atoms with van der Waals surface area (Å²) in [5, 5.41) is 14.9. The number of ether oxygens (including phenoxy) is 1. The number of thiocarbonyl (C=S) groups is 1. The van der Waals surface area contributed by atoms with Crippen molar-refractivity contribution in [2.45, 2.75) is 12.1 Å². The van der Waals surface area contributed by atoms with Crippen LogP contribution >= 0.6 is 12.2 Å². The highest BCUT2D eigenvalue weighted by atomic mass is 32.1. The first kappa shape index (κ1) is 20.0. The third-order valence-electron chi connectivity index (χ3n) is 5.02. The van der Waals surface area contributed by atoms with E-state index >= 15 is 0 Å². The number of furan rings is 1. The lowest BCUT2D eigenvalue weighted by Gasteiger charge is -2.25. The minimum Gasteiger partial charge on any atom is -0.459 e. The Morgan fingerprint density at radius 2 is 2.03 bits per heavy atom. The van der Waals surface area contributed by atoms with Gasteiger partial charge in [0.1, 0.15) is 17.6 Å². The molecule has 8 nitrogen and oxygen atoms in total. The van der Waals surface area contributed by atoms with E-state index in [-0.39, 0.29) is 17.8 Å². The van der Waals surface area contributed by atoms with Crippen LogP contribution in [-0.2, 0) is 4.74 Å². The molecule has 0 bridgehead atoms. The first-order valence-electron chi connectivity index (χ1n) is 9.40. The molecule has 2 aromatic heterocycles. The number of benzene rings is 1. The number of non-ortho nitro benzene ring substituents is 1. The molecular weight excluding hydrogens is 404 g/mol. The van der Waals surface area contributed by atoms with Crippen molar-refractivity contribution in [3.8, 4) is 11.3 Å². The van der Waals surface area contributed by atoms with Gasteiger partial charge >= 0.3 is 0 Å². The molecule has 9 heteroatoms. The number of nitrogens with zero attached hydrogens (tertiary/aromatic N) is 3. The summed E-state index contributed by atoms with van der Waals surface area (Å²) in [6.45, 7) is 1.12. The zero-order chi connectivity index (χ0) is 21.1. The van der Waals surface area contributed by atoms with Gasteiger partial charge in [0, 0.05) is 37.5 Å². The molecule has 3 aromatic rings. The van der Waals surface area contributed by atoms with Gasteiger partial charge < -0.3 is 19.4 Å². The SMILES string of the molecule is COCCN1C(=S)N[C@@H](c2ccccn2)[C@@H]1c1ccc(-c2ccc([N+](=O)[O-])cc2)o1. The van der Waals surface area contributed by atoms with E-state index < -0.39 is 4.92 Å². The number of aromatic nitrogens is 1. The number of nitro benzene ring substituents is 1. The van der Waals surface area contributed by atoms with Gasteiger partial charge in [-0.1, -0.05) is 6.07 Å². The standard InChI is InChI=1S/C21H20N4O4S/c1-28-13-12-24-20(19(23-21(24)30)16-4-2-3-11-22-16)18-10-9-17(29-18)14-5-7-15(8-6-14)25(26)27/h2-11,19-20H,12-13H2,1H3,(H,23,30)/t19-,20-/m0/s1. The molecule has 1 fully saturated rings. The molecule has 0 spiro atoms. The molecule has 0 amide bonds. The summed E-state index contributed by atoms with van der Waals surface area (Å²) in [6.07, 6.45) is 1.75. The van der Waals surface area contributed by atoms with Crippen molar-refractivity contribution in [2.75, 3.05) is 20.3 Å². The Balaban J connectivity index is 1.67. The van der Waals surface area contributed by atoms with Gasteiger partial charge in [-0.3, -0.25) is 15.1 Å². The van der Waals surface area contributed by atoms with Crippen LogP contribution in [0, 0.1) is 10.1 Å². The molecule has 1 aliphatic heterocycles. The number of hydrogen-bond donors (Lipinski definition) is 1. The van der Waals surface area contributed by atoms with E-state index in [0.717, 1.165) is 17.0 Å². The lowest BCUT2D eigenvalue weighted by atomic mass is 10.0. The number of methoxy groups -OCH3 is 1. The van der Waals surface area contributed by atoms with Gasteiger partial charge in [0.05, 0.1) is 23.3 Å². The summed E-state index contributed by atoms with van der Waals surface area (Å²) in [7, 11) is 1.65. The molecule has 0 aliphatic carbocycles. The van der Waals surface area contributed by atoms with Crippen LogP contribution in [0.5, 0.6) is 0 Å². The monoisotopic (exact) mass is 424 g/mol. The highest BCUT2D eigenvalue weighted by Crippen LogP contribution is 2.40. The maximum Gasteiger partial charge on any atom is 0.269 e. The highest BCUT2D eigenvalue weighted by Gasteiger charge is 2.41. The largest absolute Gasteiger partial charge is 0.459 e. The summed E-state index contributed by atoms with van der Waals surface area (Å²) in [6, 6.07) is 15.4. The van der Waals surface area contributed by atoms with Crippen molar-refractivity contribution < 1.29 is 14.1 Å². The number of nitro groups is 1. The second kappa shape index (κ2) is 8.60. The Labute approximate surface area is 178 Å². The van der Waals surface area contributed by atoms with Crippen LogP contribution < -0.4 is 5.32 Å². The first-order valence-corrected chi connectivity index (χ1v) is 9.81. The average molecular weight is 424 g/mol. The Bertz CT molecular complexity index is 1040. The number of hydrogen-bond acceptors (Lipinski definition) is 6. The summed E-state index contributed by atoms with van der Waals surface area (Å²) in [5.74, 6) is 1.35. The van der Waals surface area contributed by atoms with Gasteiger partial charge in [-0.15, -0.1) is 0 Å². The Hall–Kier alpha value is -3.30. The van der Waals surface area contributed by atoms with Crippen LogP contribution in [0.4, 0.5) is 5.69 Å². The van der Waals surface area contributed by atoms with Crippen LogP contribution in [0.2, 0.25) is 0 Å². The first-order chi connectivity index (χ1) is 14.6. The molecule has 0 radical (unpaired) electrons. The quantitative estimate of drug-likeness (QED) is 0.347. The van der Waals surface area contributed by atoms with E-state index in [9.17, 15) is 10.1 Å². The van der Waals surface area contributed by atoms with Crippen LogP contribution in [-0.4, -0.2) is 40.2 Å². The number of nitrogens with one attached hydrogen (secondary N) is 1. The van der Waals surface area contributed by atoms with Crippen LogP contribution in [0.3, 0.4) is 0 Å². The molecule has 3 heterocycles. The van der Waals surface area contributed by atoms with Crippen molar-refractivity contribution in [1.29, 1.82) is 0 Å². The second-order valence-electron chi connectivity index (χ2n) is 6.82. The molecule has 2 atom stereocenters. The molecule has 4 rings (SSSR count). The predicted molar refractivity (Wildman–Crippen MR) is 115 cm³/mol. The minimum absolute atomic E-state index is 0.0387. The van der Waals surface area contributed by atoms with E-state index in [2.05, 4.69) is 10.3 Å². The van der Waals surface area contributed by atoms with E-state index in [4.69, 9.17) is 21.4 Å². The third-order valence-corrected chi connectivity index (χ3v) is 5.37. The molecular formula is C21H20N4O4S. The van der Waals surface area contributed by atoms with E-state index in [1.165, 1.54) is 12.1 Å². The fourth-order valence-electron chi connectivity index (χ4n) is 3.56. The van der Waals surface area contributed by atoms with Gasteiger partial charge in [0.2, 0.25) is 0 Å². The molecule has 1 aromatic carbocycles. The zero-order valence-electron chi connectivity index (χ0n) is 16.2. The van der Waals surface area contributed by atoms with Gasteiger partial charge in [0.15, 0.2) is 5.11 Å². The topological polar surface area (TPSA) is 93.7 Å². The fraction of sp³-hybridized carbons (Fsp3) is 0.238. The van der Waals surface area contributed by atoms with Gasteiger partial charge in [-0.2, -0.15) is 0 Å². The summed E-state index contributed by atoms with van der Waals surface area (Å²) >= 11 is 5.57. The summed E-state index contributed by atoms with van der Waals surface area (Å²) in [4.78, 5) is 17.0. The Morgan fingerprint density at radius 1 is 1.23 bits per heavy atom. The number of rotatable bonds is 7. The second-order valence-corrected chi connectivity index (χ2v) is 7.21. The van der Waals surface area contributed by atoms with Gasteiger partial charge in [-0.05, 0) is 48.6 Å². The van der Waals surface area contributed by atoms with Crippen molar-refractivity contribution in [3.05, 3.63) is 82.4 Å². The van der Waals surface area contributed by atoms with E-state index in [0.29, 0.717) is 24.0 Å². The highest BCUT2D eigenvalue weighted by molar-refractivity contribution is 7.80. The average Bonchev–Trinajstić information content (AvgIpc) is 3.37. The fourth-order valence-corrected chi connectivity index (χ4v) is 3.89. The Morgan fingerprint density at radius 3 is 2.70 bits per heavy atom. The molecule has 1 N–H and O–H groups in total. The predicted octanol–water partition coefficient (Wildman–Crippen LogP) is 3.87.